The van der Waals surface area contributed by atoms with Gasteiger partial charge in [-0.3, -0.25) is 19.1 Å². The Morgan fingerprint density at radius 2 is 1.96 bits per heavy atom. The van der Waals surface area contributed by atoms with Gasteiger partial charge in [0.2, 0.25) is 0 Å². The normalized spacial score (nSPS) is 15.4. The zero-order valence-corrected chi connectivity index (χ0v) is 17.5. The van der Waals surface area contributed by atoms with E-state index in [1.165, 1.54) is 21.2 Å². The molecule has 1 amide bonds. The molecule has 0 aromatic carbocycles. The van der Waals surface area contributed by atoms with E-state index in [0.29, 0.717) is 45.8 Å². The molecule has 2 heterocycles. The van der Waals surface area contributed by atoms with Gasteiger partial charge in [-0.1, -0.05) is 30.1 Å². The van der Waals surface area contributed by atoms with Crippen LogP contribution in [0.2, 0.25) is 0 Å². The first-order valence-corrected chi connectivity index (χ1v) is 9.79. The Hall–Kier alpha value is -2.37. The molecule has 0 radical (unpaired) electrons. The van der Waals surface area contributed by atoms with Crippen LogP contribution in [0.3, 0.4) is 0 Å². The second-order valence-corrected chi connectivity index (χ2v) is 7.64. The highest BCUT2D eigenvalue weighted by atomic mass is 32.2. The highest BCUT2D eigenvalue weighted by Crippen LogP contribution is 2.35. The van der Waals surface area contributed by atoms with Crippen LogP contribution in [0.15, 0.2) is 22.4 Å². The van der Waals surface area contributed by atoms with Crippen molar-refractivity contribution in [1.29, 1.82) is 5.26 Å². The van der Waals surface area contributed by atoms with Gasteiger partial charge in [-0.05, 0) is 32.4 Å². The largest absolute Gasteiger partial charge is 0.358 e. The van der Waals surface area contributed by atoms with Crippen molar-refractivity contribution < 1.29 is 4.79 Å². The maximum Gasteiger partial charge on any atom is 0.270 e. The molecular formula is C19H22N4O2S2. The number of amides is 1. The molecule has 1 fully saturated rings. The minimum Gasteiger partial charge on any atom is -0.358 e. The third-order valence-corrected chi connectivity index (χ3v) is 5.87. The van der Waals surface area contributed by atoms with Gasteiger partial charge < -0.3 is 4.90 Å². The second-order valence-electron chi connectivity index (χ2n) is 5.97. The number of thioether (sulfide) groups is 1. The lowest BCUT2D eigenvalue weighted by molar-refractivity contribution is -0.121. The summed E-state index contributed by atoms with van der Waals surface area (Å²) >= 11 is 6.51. The van der Waals surface area contributed by atoms with Gasteiger partial charge in [0.1, 0.15) is 21.8 Å². The fourth-order valence-electron chi connectivity index (χ4n) is 3.04. The summed E-state index contributed by atoms with van der Waals surface area (Å²) in [4.78, 5) is 29.3. The number of carbonyl (C=O) groups is 1. The first-order chi connectivity index (χ1) is 12.8. The number of thiocarbonyl (C=S) groups is 1. The first-order valence-electron chi connectivity index (χ1n) is 8.57. The molecule has 6 nitrogen and oxygen atoms in total. The third kappa shape index (κ3) is 3.70. The maximum absolute atomic E-state index is 12.7. The Morgan fingerprint density at radius 3 is 2.48 bits per heavy atom. The lowest BCUT2D eigenvalue weighted by Crippen LogP contribution is -2.33. The fourth-order valence-corrected chi connectivity index (χ4v) is 4.29. The van der Waals surface area contributed by atoms with Crippen LogP contribution in [0.4, 0.5) is 5.82 Å². The monoisotopic (exact) mass is 402 g/mol. The van der Waals surface area contributed by atoms with Gasteiger partial charge in [-0.2, -0.15) is 5.26 Å². The summed E-state index contributed by atoms with van der Waals surface area (Å²) in [6.07, 6.45) is 3.37. The van der Waals surface area contributed by atoms with Crippen molar-refractivity contribution in [2.45, 2.75) is 20.8 Å². The molecule has 0 aliphatic carbocycles. The Kier molecular flexibility index (Phi) is 6.63. The van der Waals surface area contributed by atoms with Crippen LogP contribution in [0.5, 0.6) is 0 Å². The highest BCUT2D eigenvalue weighted by Gasteiger charge is 2.32. The summed E-state index contributed by atoms with van der Waals surface area (Å²) in [7, 11) is 1.65. The molecule has 1 aliphatic rings. The number of nitrogens with zero attached hydrogens (tertiary/aromatic N) is 4. The number of carbonyl (C=O) groups excluding carboxylic acids is 1. The molecule has 0 bridgehead atoms. The van der Waals surface area contributed by atoms with Crippen LogP contribution in [0, 0.1) is 18.3 Å². The first kappa shape index (κ1) is 20.9. The summed E-state index contributed by atoms with van der Waals surface area (Å²) in [5.41, 5.74) is 1.00. The van der Waals surface area contributed by atoms with E-state index >= 15 is 0 Å². The van der Waals surface area contributed by atoms with Gasteiger partial charge in [0, 0.05) is 32.2 Å². The van der Waals surface area contributed by atoms with E-state index in [9.17, 15) is 14.9 Å². The van der Waals surface area contributed by atoms with Crippen molar-refractivity contribution in [3.8, 4) is 6.07 Å². The molecule has 0 spiro atoms. The zero-order valence-electron chi connectivity index (χ0n) is 15.9. The maximum atomic E-state index is 12.7. The van der Waals surface area contributed by atoms with Crippen molar-refractivity contribution in [3.63, 3.8) is 0 Å². The van der Waals surface area contributed by atoms with Crippen molar-refractivity contribution in [3.05, 3.63) is 44.6 Å². The Bertz CT molecular complexity index is 936. The Balaban J connectivity index is 2.76. The molecule has 2 rings (SSSR count). The average Bonchev–Trinajstić information content (AvgIpc) is 2.91. The summed E-state index contributed by atoms with van der Waals surface area (Å²) in [6.45, 7) is 11.1. The molecule has 0 N–H and O–H groups in total. The van der Waals surface area contributed by atoms with Crippen molar-refractivity contribution in [2.75, 3.05) is 24.5 Å². The minimum absolute atomic E-state index is 0.0845. The topological polar surface area (TPSA) is 69.3 Å². The number of aromatic nitrogens is 1. The number of pyridine rings is 1. The summed E-state index contributed by atoms with van der Waals surface area (Å²) in [5.74, 6) is 0.498. The number of hydrogen-bond acceptors (Lipinski definition) is 6. The van der Waals surface area contributed by atoms with E-state index in [1.807, 2.05) is 24.8 Å². The lowest BCUT2D eigenvalue weighted by Gasteiger charge is -2.27. The molecule has 8 heteroatoms. The highest BCUT2D eigenvalue weighted by molar-refractivity contribution is 8.26. The van der Waals surface area contributed by atoms with Crippen molar-refractivity contribution >= 4 is 46.1 Å². The predicted octanol–water partition coefficient (Wildman–Crippen LogP) is 2.80. The molecule has 0 atom stereocenters. The lowest BCUT2D eigenvalue weighted by atomic mass is 10.0. The molecule has 142 valence electrons. The van der Waals surface area contributed by atoms with Crippen LogP contribution < -0.4 is 10.5 Å². The molecule has 27 heavy (non-hydrogen) atoms. The predicted molar refractivity (Wildman–Crippen MR) is 115 cm³/mol. The molecule has 0 unspecified atom stereocenters. The summed E-state index contributed by atoms with van der Waals surface area (Å²) in [6, 6.07) is 2.00. The number of rotatable bonds is 6. The van der Waals surface area contributed by atoms with Crippen molar-refractivity contribution in [1.82, 2.24) is 9.47 Å². The molecular weight excluding hydrogens is 380 g/mol. The minimum atomic E-state index is -0.340. The van der Waals surface area contributed by atoms with E-state index < -0.39 is 0 Å². The number of hydrogen-bond donors (Lipinski definition) is 0. The number of nitriles is 1. The Labute approximate surface area is 168 Å². The van der Waals surface area contributed by atoms with E-state index in [0.717, 1.165) is 0 Å². The third-order valence-electron chi connectivity index (χ3n) is 4.49. The smallest absolute Gasteiger partial charge is 0.270 e. The van der Waals surface area contributed by atoms with Crippen LogP contribution in [0.25, 0.3) is 6.08 Å². The van der Waals surface area contributed by atoms with E-state index in [1.54, 1.807) is 26.1 Å². The second kappa shape index (κ2) is 8.55. The quantitative estimate of drug-likeness (QED) is 0.414. The zero-order chi connectivity index (χ0) is 20.3. The van der Waals surface area contributed by atoms with Crippen LogP contribution in [-0.2, 0) is 11.8 Å². The standard InChI is InChI=1S/C19H22N4O2S2/c1-6-9-23-18(25)15(27-19(23)26)10-13-12(4)14(11-20)17(24)21(5)16(13)22(7-2)8-3/h6,10H,1,7-9H2,2-5H3/b15-10-. The van der Waals surface area contributed by atoms with E-state index in [2.05, 4.69) is 6.58 Å². The van der Waals surface area contributed by atoms with Gasteiger partial charge in [-0.25, -0.2) is 0 Å². The van der Waals surface area contributed by atoms with Crippen LogP contribution in [0.1, 0.15) is 30.5 Å². The Morgan fingerprint density at radius 1 is 1.33 bits per heavy atom. The molecule has 1 aromatic heterocycles. The molecule has 1 aromatic rings. The van der Waals surface area contributed by atoms with Crippen LogP contribution >= 0.6 is 24.0 Å². The van der Waals surface area contributed by atoms with E-state index in [4.69, 9.17) is 12.2 Å². The molecule has 0 saturated carbocycles. The molecule has 1 aliphatic heterocycles. The van der Waals surface area contributed by atoms with Crippen LogP contribution in [-0.4, -0.2) is 39.3 Å². The SMILES string of the molecule is C=CCN1C(=O)/C(=C/c2c(C)c(C#N)c(=O)n(C)c2N(CC)CC)SC1=S. The summed E-state index contributed by atoms with van der Waals surface area (Å²) in [5, 5.41) is 9.45. The van der Waals surface area contributed by atoms with Gasteiger partial charge >= 0.3 is 0 Å². The van der Waals surface area contributed by atoms with Crippen molar-refractivity contribution in [2.24, 2.45) is 7.05 Å². The van der Waals surface area contributed by atoms with Gasteiger partial charge in [0.15, 0.2) is 0 Å². The molecule has 1 saturated heterocycles. The van der Waals surface area contributed by atoms with Gasteiger partial charge in [0.25, 0.3) is 11.5 Å². The van der Waals surface area contributed by atoms with Gasteiger partial charge in [-0.15, -0.1) is 6.58 Å². The average molecular weight is 403 g/mol. The fraction of sp³-hybridized carbons (Fsp3) is 0.368. The van der Waals surface area contributed by atoms with Gasteiger partial charge in [0.05, 0.1) is 4.91 Å². The van der Waals surface area contributed by atoms with E-state index in [-0.39, 0.29) is 17.0 Å². The number of anilines is 1. The summed E-state index contributed by atoms with van der Waals surface area (Å²) < 4.78 is 1.95.